The Bertz CT molecular complexity index is 63.0. The summed E-state index contributed by atoms with van der Waals surface area (Å²) in [5.41, 5.74) is -0.319. The number of hydrogen-bond donors (Lipinski definition) is 1. The number of hydrogen-bond acceptors (Lipinski definition) is 1. The van der Waals surface area contributed by atoms with E-state index in [9.17, 15) is 5.11 Å². The molecule has 42 valence electrons. The van der Waals surface area contributed by atoms with E-state index in [0.29, 0.717) is 0 Å². The Hall–Kier alpha value is 0.440. The van der Waals surface area contributed by atoms with Gasteiger partial charge < -0.3 is 5.11 Å². The van der Waals surface area contributed by atoms with E-state index < -0.39 is 0 Å². The molecule has 0 aromatic carbocycles. The first-order valence-corrected chi connectivity index (χ1v) is 3.67. The Balaban J connectivity index is 2.29. The van der Waals surface area contributed by atoms with Crippen LogP contribution in [-0.4, -0.2) is 16.0 Å². The molecule has 1 fully saturated rings. The van der Waals surface area contributed by atoms with E-state index in [1.54, 1.807) is 0 Å². The minimum atomic E-state index is -0.319. The summed E-state index contributed by atoms with van der Waals surface area (Å²) < 4.78 is 0. The maximum Gasteiger partial charge on any atom is 0.0744 e. The molecule has 1 N–H and O–H groups in total. The van der Waals surface area contributed by atoms with Crippen LogP contribution in [0.3, 0.4) is 0 Å². The van der Waals surface area contributed by atoms with Crippen LogP contribution >= 0.6 is 15.9 Å². The molecular formula is C5H9BrO. The van der Waals surface area contributed by atoms with Crippen LogP contribution in [0, 0.1) is 0 Å². The summed E-state index contributed by atoms with van der Waals surface area (Å²) in [5.74, 6) is 0. The lowest BCUT2D eigenvalue weighted by Crippen LogP contribution is -2.38. The van der Waals surface area contributed by atoms with Crippen LogP contribution in [0.1, 0.15) is 19.3 Å². The highest BCUT2D eigenvalue weighted by atomic mass is 79.9. The predicted octanol–water partition coefficient (Wildman–Crippen LogP) is 1.30. The van der Waals surface area contributed by atoms with E-state index in [-0.39, 0.29) is 5.60 Å². The third-order valence-electron chi connectivity index (χ3n) is 1.53. The van der Waals surface area contributed by atoms with Crippen LogP contribution in [0.15, 0.2) is 0 Å². The zero-order valence-corrected chi connectivity index (χ0v) is 5.74. The van der Waals surface area contributed by atoms with Crippen LogP contribution in [-0.2, 0) is 0 Å². The molecule has 0 atom stereocenters. The van der Waals surface area contributed by atoms with Gasteiger partial charge in [-0.05, 0) is 19.3 Å². The molecular weight excluding hydrogens is 156 g/mol. The SMILES string of the molecule is OC1(CBr)CCC1. The maximum absolute atomic E-state index is 9.17. The molecule has 0 aliphatic heterocycles. The molecule has 0 spiro atoms. The lowest BCUT2D eigenvalue weighted by atomic mass is 9.82. The van der Waals surface area contributed by atoms with Crippen molar-refractivity contribution in [3.8, 4) is 0 Å². The lowest BCUT2D eigenvalue weighted by molar-refractivity contribution is -0.00874. The van der Waals surface area contributed by atoms with Gasteiger partial charge in [0, 0.05) is 5.33 Å². The molecule has 0 radical (unpaired) electrons. The summed E-state index contributed by atoms with van der Waals surface area (Å²) in [5, 5.41) is 9.92. The van der Waals surface area contributed by atoms with E-state index in [0.717, 1.165) is 18.2 Å². The predicted molar refractivity (Wildman–Crippen MR) is 32.6 cm³/mol. The molecule has 0 bridgehead atoms. The first-order chi connectivity index (χ1) is 3.27. The molecule has 1 saturated carbocycles. The molecule has 2 heteroatoms. The number of rotatable bonds is 1. The van der Waals surface area contributed by atoms with Crippen molar-refractivity contribution in [1.82, 2.24) is 0 Å². The highest BCUT2D eigenvalue weighted by Crippen LogP contribution is 2.32. The van der Waals surface area contributed by atoms with Gasteiger partial charge in [0.1, 0.15) is 0 Å². The fraction of sp³-hybridized carbons (Fsp3) is 1.00. The highest BCUT2D eigenvalue weighted by Gasteiger charge is 2.32. The van der Waals surface area contributed by atoms with Gasteiger partial charge in [-0.15, -0.1) is 0 Å². The van der Waals surface area contributed by atoms with Crippen molar-refractivity contribution in [2.45, 2.75) is 24.9 Å². The average molecular weight is 165 g/mol. The summed E-state index contributed by atoms with van der Waals surface area (Å²) in [6.45, 7) is 0. The van der Waals surface area contributed by atoms with Crippen LogP contribution in [0.5, 0.6) is 0 Å². The summed E-state index contributed by atoms with van der Waals surface area (Å²) in [6, 6.07) is 0. The Morgan fingerprint density at radius 2 is 2.14 bits per heavy atom. The zero-order valence-electron chi connectivity index (χ0n) is 4.15. The third-order valence-corrected chi connectivity index (χ3v) is 2.58. The van der Waals surface area contributed by atoms with Crippen molar-refractivity contribution in [1.29, 1.82) is 0 Å². The van der Waals surface area contributed by atoms with E-state index >= 15 is 0 Å². The summed E-state index contributed by atoms with van der Waals surface area (Å²) in [7, 11) is 0. The third kappa shape index (κ3) is 0.970. The molecule has 0 amide bonds. The second-order valence-corrected chi connectivity index (χ2v) is 2.77. The average Bonchev–Trinajstić information content (AvgIpc) is 1.61. The van der Waals surface area contributed by atoms with Crippen molar-refractivity contribution < 1.29 is 5.11 Å². The van der Waals surface area contributed by atoms with Gasteiger partial charge in [-0.3, -0.25) is 0 Å². The first-order valence-electron chi connectivity index (χ1n) is 2.55. The van der Waals surface area contributed by atoms with E-state index in [1.807, 2.05) is 0 Å². The molecule has 0 aromatic rings. The van der Waals surface area contributed by atoms with Crippen molar-refractivity contribution >= 4 is 15.9 Å². The van der Waals surface area contributed by atoms with Gasteiger partial charge in [0.05, 0.1) is 5.60 Å². The Labute approximate surface area is 51.9 Å². The van der Waals surface area contributed by atoms with E-state index in [2.05, 4.69) is 15.9 Å². The van der Waals surface area contributed by atoms with Gasteiger partial charge in [-0.2, -0.15) is 0 Å². The molecule has 1 nitrogen and oxygen atoms in total. The zero-order chi connectivity index (χ0) is 5.33. The summed E-state index contributed by atoms with van der Waals surface area (Å²) in [4.78, 5) is 0. The van der Waals surface area contributed by atoms with Gasteiger partial charge in [-0.1, -0.05) is 15.9 Å². The van der Waals surface area contributed by atoms with Crippen molar-refractivity contribution in [3.63, 3.8) is 0 Å². The topological polar surface area (TPSA) is 20.2 Å². The quantitative estimate of drug-likeness (QED) is 0.580. The van der Waals surface area contributed by atoms with E-state index in [4.69, 9.17) is 0 Å². The molecule has 1 aliphatic carbocycles. The van der Waals surface area contributed by atoms with Crippen LogP contribution in [0.2, 0.25) is 0 Å². The van der Waals surface area contributed by atoms with Crippen molar-refractivity contribution in [3.05, 3.63) is 0 Å². The second kappa shape index (κ2) is 1.75. The number of aliphatic hydroxyl groups is 1. The molecule has 0 unspecified atom stereocenters. The van der Waals surface area contributed by atoms with Crippen molar-refractivity contribution in [2.75, 3.05) is 5.33 Å². The number of halogens is 1. The van der Waals surface area contributed by atoms with Gasteiger partial charge in [0.25, 0.3) is 0 Å². The van der Waals surface area contributed by atoms with Crippen molar-refractivity contribution in [2.24, 2.45) is 0 Å². The minimum absolute atomic E-state index is 0.319. The van der Waals surface area contributed by atoms with Gasteiger partial charge in [0.2, 0.25) is 0 Å². The fourth-order valence-corrected chi connectivity index (χ4v) is 1.28. The monoisotopic (exact) mass is 164 g/mol. The van der Waals surface area contributed by atoms with Gasteiger partial charge in [0.15, 0.2) is 0 Å². The standard InChI is InChI=1S/C5H9BrO/c6-4-5(7)2-1-3-5/h7H,1-4H2. The molecule has 0 saturated heterocycles. The highest BCUT2D eigenvalue weighted by molar-refractivity contribution is 9.09. The Morgan fingerprint density at radius 3 is 2.14 bits per heavy atom. The number of alkyl halides is 1. The largest absolute Gasteiger partial charge is 0.389 e. The molecule has 0 heterocycles. The normalized spacial score (nSPS) is 26.6. The summed E-state index contributed by atoms with van der Waals surface area (Å²) in [6.07, 6.45) is 3.17. The van der Waals surface area contributed by atoms with Gasteiger partial charge >= 0.3 is 0 Å². The smallest absolute Gasteiger partial charge is 0.0744 e. The van der Waals surface area contributed by atoms with Crippen LogP contribution < -0.4 is 0 Å². The Kier molecular flexibility index (Phi) is 1.39. The van der Waals surface area contributed by atoms with Crippen LogP contribution in [0.25, 0.3) is 0 Å². The summed E-state index contributed by atoms with van der Waals surface area (Å²) >= 11 is 3.23. The first kappa shape index (κ1) is 5.57. The fourth-order valence-electron chi connectivity index (χ4n) is 0.719. The lowest BCUT2D eigenvalue weighted by Gasteiger charge is -2.34. The molecule has 0 aromatic heterocycles. The van der Waals surface area contributed by atoms with Gasteiger partial charge in [-0.25, -0.2) is 0 Å². The maximum atomic E-state index is 9.17. The Morgan fingerprint density at radius 1 is 1.57 bits per heavy atom. The van der Waals surface area contributed by atoms with Crippen LogP contribution in [0.4, 0.5) is 0 Å². The second-order valence-electron chi connectivity index (χ2n) is 2.21. The minimum Gasteiger partial charge on any atom is -0.389 e. The van der Waals surface area contributed by atoms with E-state index in [1.165, 1.54) is 6.42 Å². The molecule has 1 rings (SSSR count). The molecule has 1 aliphatic rings. The molecule has 7 heavy (non-hydrogen) atoms.